The van der Waals surface area contributed by atoms with Gasteiger partial charge in [0.2, 0.25) is 0 Å². The zero-order chi connectivity index (χ0) is 22.7. The van der Waals surface area contributed by atoms with Gasteiger partial charge < -0.3 is 14.9 Å². The van der Waals surface area contributed by atoms with Gasteiger partial charge in [0.15, 0.2) is 5.82 Å². The molecule has 0 bridgehead atoms. The summed E-state index contributed by atoms with van der Waals surface area (Å²) in [7, 11) is -3.88. The summed E-state index contributed by atoms with van der Waals surface area (Å²) in [6.07, 6.45) is 5.92. The fraction of sp³-hybridized carbons (Fsp3) is 0.478. The number of aromatic carboxylic acids is 1. The van der Waals surface area contributed by atoms with Gasteiger partial charge in [-0.05, 0) is 69.8 Å². The third-order valence-corrected chi connectivity index (χ3v) is 7.60. The van der Waals surface area contributed by atoms with Gasteiger partial charge in [-0.15, -0.1) is 0 Å². The summed E-state index contributed by atoms with van der Waals surface area (Å²) in [5.74, 6) is -0.188. The van der Waals surface area contributed by atoms with Crippen LogP contribution in [0.3, 0.4) is 0 Å². The van der Waals surface area contributed by atoms with E-state index >= 15 is 0 Å². The van der Waals surface area contributed by atoms with Crippen LogP contribution in [-0.4, -0.2) is 62.1 Å². The van der Waals surface area contributed by atoms with Crippen molar-refractivity contribution in [2.24, 2.45) is 5.92 Å². The van der Waals surface area contributed by atoms with Crippen LogP contribution in [0.2, 0.25) is 0 Å². The minimum absolute atomic E-state index is 0.0546. The largest absolute Gasteiger partial charge is 0.478 e. The number of piperidine rings is 1. The first kappa shape index (κ1) is 22.5. The van der Waals surface area contributed by atoms with Crippen LogP contribution in [0.5, 0.6) is 0 Å². The second-order valence-electron chi connectivity index (χ2n) is 8.78. The van der Waals surface area contributed by atoms with Crippen LogP contribution in [0.4, 0.5) is 11.5 Å². The number of hydrogen-bond donors (Lipinski definition) is 2. The molecule has 1 aromatic carbocycles. The van der Waals surface area contributed by atoms with Crippen molar-refractivity contribution in [1.29, 1.82) is 0 Å². The zero-order valence-corrected chi connectivity index (χ0v) is 19.1. The van der Waals surface area contributed by atoms with Crippen molar-refractivity contribution in [3.05, 3.63) is 47.7 Å². The highest BCUT2D eigenvalue weighted by molar-refractivity contribution is 7.92. The number of nitrogens with one attached hydrogen (secondary N) is 1. The van der Waals surface area contributed by atoms with E-state index in [9.17, 15) is 18.3 Å². The van der Waals surface area contributed by atoms with Crippen molar-refractivity contribution in [2.75, 3.05) is 42.3 Å². The van der Waals surface area contributed by atoms with Crippen LogP contribution in [-0.2, 0) is 10.0 Å². The highest BCUT2D eigenvalue weighted by atomic mass is 32.2. The van der Waals surface area contributed by atoms with Crippen molar-refractivity contribution in [3.63, 3.8) is 0 Å². The molecule has 9 heteroatoms. The number of hydrogen-bond acceptors (Lipinski definition) is 6. The summed E-state index contributed by atoms with van der Waals surface area (Å²) < 4.78 is 28.6. The molecule has 2 aliphatic rings. The van der Waals surface area contributed by atoms with Crippen molar-refractivity contribution >= 4 is 27.5 Å². The third-order valence-electron chi connectivity index (χ3n) is 6.22. The zero-order valence-electron chi connectivity index (χ0n) is 18.3. The Morgan fingerprint density at radius 3 is 2.56 bits per heavy atom. The lowest BCUT2D eigenvalue weighted by molar-refractivity contribution is 0.0696. The van der Waals surface area contributed by atoms with Crippen LogP contribution < -0.4 is 9.62 Å². The lowest BCUT2D eigenvalue weighted by Gasteiger charge is -2.36. The topological polar surface area (TPSA) is 103 Å². The average molecular weight is 459 g/mol. The normalized spacial score (nSPS) is 19.8. The first-order chi connectivity index (χ1) is 15.3. The number of pyridine rings is 1. The van der Waals surface area contributed by atoms with E-state index < -0.39 is 16.0 Å². The van der Waals surface area contributed by atoms with E-state index in [0.29, 0.717) is 11.7 Å². The summed E-state index contributed by atoms with van der Waals surface area (Å²) in [4.78, 5) is 20.6. The van der Waals surface area contributed by atoms with Crippen LogP contribution in [0, 0.1) is 12.8 Å². The van der Waals surface area contributed by atoms with Gasteiger partial charge in [-0.25, -0.2) is 18.2 Å². The van der Waals surface area contributed by atoms with E-state index in [-0.39, 0.29) is 16.1 Å². The minimum atomic E-state index is -3.88. The Morgan fingerprint density at radius 2 is 1.88 bits per heavy atom. The van der Waals surface area contributed by atoms with Crippen molar-refractivity contribution in [2.45, 2.75) is 37.5 Å². The van der Waals surface area contributed by atoms with Crippen molar-refractivity contribution in [3.8, 4) is 0 Å². The molecule has 1 aromatic heterocycles. The fourth-order valence-electron chi connectivity index (χ4n) is 4.56. The molecule has 2 fully saturated rings. The number of benzene rings is 1. The number of carbonyl (C=O) groups is 1. The quantitative estimate of drug-likeness (QED) is 0.657. The van der Waals surface area contributed by atoms with Gasteiger partial charge in [0.25, 0.3) is 10.0 Å². The number of anilines is 2. The van der Waals surface area contributed by atoms with Crippen LogP contribution in [0.15, 0.2) is 41.4 Å². The Kier molecular flexibility index (Phi) is 6.66. The molecule has 2 saturated heterocycles. The molecule has 0 spiro atoms. The molecule has 32 heavy (non-hydrogen) atoms. The van der Waals surface area contributed by atoms with E-state index in [2.05, 4.69) is 19.5 Å². The Hall–Kier alpha value is -2.65. The van der Waals surface area contributed by atoms with Crippen LogP contribution in [0.1, 0.15) is 41.6 Å². The Balaban J connectivity index is 1.60. The van der Waals surface area contributed by atoms with E-state index in [4.69, 9.17) is 0 Å². The van der Waals surface area contributed by atoms with Gasteiger partial charge >= 0.3 is 5.97 Å². The van der Waals surface area contributed by atoms with Gasteiger partial charge in [-0.1, -0.05) is 17.7 Å². The number of aryl methyl sites for hydroxylation is 1. The minimum Gasteiger partial charge on any atom is -0.478 e. The standard InChI is InChI=1S/C23H30N4O4S/c1-17-6-8-20(9-7-17)32(30,31)25-21-13-19(23(28)29)14-24-22(21)27-12-4-5-18(16-27)15-26-10-2-3-11-26/h6-9,13-14,18,25H,2-5,10-12,15-16H2,1H3,(H,28,29)/t18-/m1/s1. The summed E-state index contributed by atoms with van der Waals surface area (Å²) in [6.45, 7) is 6.74. The predicted octanol–water partition coefficient (Wildman–Crippen LogP) is 3.20. The molecule has 0 amide bonds. The van der Waals surface area contributed by atoms with Crippen molar-refractivity contribution in [1.82, 2.24) is 9.88 Å². The summed E-state index contributed by atoms with van der Waals surface area (Å²) in [5.41, 5.74) is 1.10. The number of sulfonamides is 1. The SMILES string of the molecule is Cc1ccc(S(=O)(=O)Nc2cc(C(=O)O)cnc2N2CCC[C@H](CN3CCCC3)C2)cc1. The number of rotatable bonds is 7. The maximum atomic E-state index is 13.0. The summed E-state index contributed by atoms with van der Waals surface area (Å²) in [6, 6.07) is 7.90. The number of carboxylic acids is 1. The Labute approximate surface area is 189 Å². The van der Waals surface area contributed by atoms with E-state index in [0.717, 1.165) is 51.1 Å². The molecule has 4 rings (SSSR count). The van der Waals surface area contributed by atoms with Crippen LogP contribution >= 0.6 is 0 Å². The molecular weight excluding hydrogens is 428 g/mol. The first-order valence-corrected chi connectivity index (χ1v) is 12.6. The monoisotopic (exact) mass is 458 g/mol. The summed E-state index contributed by atoms with van der Waals surface area (Å²) >= 11 is 0. The smallest absolute Gasteiger partial charge is 0.337 e. The molecule has 8 nitrogen and oxygen atoms in total. The molecule has 0 unspecified atom stereocenters. The molecule has 0 aliphatic carbocycles. The van der Waals surface area contributed by atoms with E-state index in [1.165, 1.54) is 25.1 Å². The second-order valence-corrected chi connectivity index (χ2v) is 10.5. The number of nitrogens with zero attached hydrogens (tertiary/aromatic N) is 3. The Morgan fingerprint density at radius 1 is 1.16 bits per heavy atom. The van der Waals surface area contributed by atoms with Gasteiger partial charge in [-0.3, -0.25) is 4.72 Å². The maximum absolute atomic E-state index is 13.0. The molecule has 2 N–H and O–H groups in total. The lowest BCUT2D eigenvalue weighted by atomic mass is 9.97. The molecule has 3 heterocycles. The highest BCUT2D eigenvalue weighted by Gasteiger charge is 2.27. The lowest BCUT2D eigenvalue weighted by Crippen LogP contribution is -2.41. The molecule has 0 radical (unpaired) electrons. The number of likely N-dealkylation sites (tertiary alicyclic amines) is 1. The third kappa shape index (κ3) is 5.21. The van der Waals surface area contributed by atoms with Gasteiger partial charge in [-0.2, -0.15) is 0 Å². The predicted molar refractivity (Wildman–Crippen MR) is 124 cm³/mol. The van der Waals surface area contributed by atoms with Gasteiger partial charge in [0.05, 0.1) is 16.1 Å². The molecular formula is C23H30N4O4S. The van der Waals surface area contributed by atoms with E-state index in [1.807, 2.05) is 6.92 Å². The number of aromatic nitrogens is 1. The molecule has 2 aliphatic heterocycles. The first-order valence-electron chi connectivity index (χ1n) is 11.1. The van der Waals surface area contributed by atoms with Gasteiger partial charge in [0.1, 0.15) is 0 Å². The van der Waals surface area contributed by atoms with Gasteiger partial charge in [0, 0.05) is 25.8 Å². The van der Waals surface area contributed by atoms with Crippen molar-refractivity contribution < 1.29 is 18.3 Å². The van der Waals surface area contributed by atoms with E-state index in [1.54, 1.807) is 24.3 Å². The Bertz CT molecular complexity index is 1070. The molecule has 2 aromatic rings. The maximum Gasteiger partial charge on any atom is 0.337 e. The average Bonchev–Trinajstić information content (AvgIpc) is 3.27. The van der Waals surface area contributed by atoms with Crippen LogP contribution in [0.25, 0.3) is 0 Å². The molecule has 172 valence electrons. The summed E-state index contributed by atoms with van der Waals surface area (Å²) in [5, 5.41) is 9.42. The molecule has 0 saturated carbocycles. The highest BCUT2D eigenvalue weighted by Crippen LogP contribution is 2.31. The molecule has 1 atom stereocenters. The number of carboxylic acid groups (broad SMARTS) is 1. The fourth-order valence-corrected chi connectivity index (χ4v) is 5.61. The second kappa shape index (κ2) is 9.46.